The second kappa shape index (κ2) is 4.77. The van der Waals surface area contributed by atoms with Gasteiger partial charge in [0.15, 0.2) is 17.5 Å². The van der Waals surface area contributed by atoms with Gasteiger partial charge in [0.1, 0.15) is 0 Å². The Balaban J connectivity index is 1.81. The zero-order chi connectivity index (χ0) is 14.4. The van der Waals surface area contributed by atoms with Gasteiger partial charge in [-0.25, -0.2) is 13.2 Å². The quantitative estimate of drug-likeness (QED) is 0.801. The summed E-state index contributed by atoms with van der Waals surface area (Å²) in [4.78, 5) is 13.8. The van der Waals surface area contributed by atoms with Gasteiger partial charge in [-0.2, -0.15) is 0 Å². The summed E-state index contributed by atoms with van der Waals surface area (Å²) < 4.78 is 39.2. The Bertz CT molecular complexity index is 540. The number of nitrogens with two attached hydrogens (primary N) is 1. The molecule has 2 aliphatic rings. The topological polar surface area (TPSA) is 46.3 Å². The van der Waals surface area contributed by atoms with E-state index in [4.69, 9.17) is 5.73 Å². The fourth-order valence-corrected chi connectivity index (χ4v) is 3.33. The molecule has 20 heavy (non-hydrogen) atoms. The van der Waals surface area contributed by atoms with E-state index in [9.17, 15) is 18.0 Å². The standard InChI is InChI=1S/C14H15F3N2O/c15-10-3-8(4-11(16)13(10)17)14(20)19-5-7-1-2-12(18)9(7)6-19/h3-4,7,9,12H,1-2,5-6,18H2. The predicted molar refractivity (Wildman–Crippen MR) is 66.4 cm³/mol. The van der Waals surface area contributed by atoms with Crippen LogP contribution in [0.4, 0.5) is 13.2 Å². The lowest BCUT2D eigenvalue weighted by Gasteiger charge is -2.19. The molecule has 3 unspecified atom stereocenters. The zero-order valence-corrected chi connectivity index (χ0v) is 10.8. The van der Waals surface area contributed by atoms with Crippen LogP contribution in [0.1, 0.15) is 23.2 Å². The summed E-state index contributed by atoms with van der Waals surface area (Å²) in [5, 5.41) is 0. The predicted octanol–water partition coefficient (Wildman–Crippen LogP) is 1.91. The van der Waals surface area contributed by atoms with Gasteiger partial charge < -0.3 is 10.6 Å². The maximum Gasteiger partial charge on any atom is 0.254 e. The number of likely N-dealkylation sites (tertiary alicyclic amines) is 1. The van der Waals surface area contributed by atoms with Gasteiger partial charge in [-0.3, -0.25) is 4.79 Å². The molecule has 0 aromatic heterocycles. The number of amides is 1. The van der Waals surface area contributed by atoms with Gasteiger partial charge in [0.2, 0.25) is 0 Å². The number of halogens is 3. The summed E-state index contributed by atoms with van der Waals surface area (Å²) >= 11 is 0. The second-order valence-electron chi connectivity index (χ2n) is 5.63. The highest BCUT2D eigenvalue weighted by Crippen LogP contribution is 2.37. The number of carbonyl (C=O) groups excluding carboxylic acids is 1. The molecule has 108 valence electrons. The van der Waals surface area contributed by atoms with E-state index >= 15 is 0 Å². The number of carbonyl (C=O) groups is 1. The molecule has 1 aliphatic heterocycles. The number of rotatable bonds is 1. The van der Waals surface area contributed by atoms with Crippen molar-refractivity contribution in [3.8, 4) is 0 Å². The van der Waals surface area contributed by atoms with Crippen molar-refractivity contribution in [1.29, 1.82) is 0 Å². The smallest absolute Gasteiger partial charge is 0.254 e. The Labute approximate surface area is 114 Å². The minimum atomic E-state index is -1.55. The number of benzene rings is 1. The van der Waals surface area contributed by atoms with Gasteiger partial charge in [0.25, 0.3) is 5.91 Å². The number of hydrogen-bond acceptors (Lipinski definition) is 2. The highest BCUT2D eigenvalue weighted by molar-refractivity contribution is 5.94. The average Bonchev–Trinajstić information content (AvgIpc) is 2.97. The zero-order valence-electron chi connectivity index (χ0n) is 10.8. The van der Waals surface area contributed by atoms with E-state index in [0.717, 1.165) is 25.0 Å². The van der Waals surface area contributed by atoms with Gasteiger partial charge in [0.05, 0.1) is 0 Å². The van der Waals surface area contributed by atoms with Crippen molar-refractivity contribution in [3.63, 3.8) is 0 Å². The maximum absolute atomic E-state index is 13.2. The SMILES string of the molecule is NC1CCC2CN(C(=O)c3cc(F)c(F)c(F)c3)CC12. The van der Waals surface area contributed by atoms with E-state index in [-0.39, 0.29) is 17.5 Å². The molecule has 1 aliphatic carbocycles. The van der Waals surface area contributed by atoms with Crippen LogP contribution in [-0.4, -0.2) is 29.9 Å². The van der Waals surface area contributed by atoms with Crippen LogP contribution in [-0.2, 0) is 0 Å². The number of fused-ring (bicyclic) bond motifs is 1. The Morgan fingerprint density at radius 1 is 1.15 bits per heavy atom. The fraction of sp³-hybridized carbons (Fsp3) is 0.500. The fourth-order valence-electron chi connectivity index (χ4n) is 3.33. The van der Waals surface area contributed by atoms with E-state index in [0.29, 0.717) is 19.0 Å². The second-order valence-corrected chi connectivity index (χ2v) is 5.63. The van der Waals surface area contributed by atoms with E-state index in [2.05, 4.69) is 0 Å². The lowest BCUT2D eigenvalue weighted by atomic mass is 9.98. The van der Waals surface area contributed by atoms with Crippen molar-refractivity contribution < 1.29 is 18.0 Å². The van der Waals surface area contributed by atoms with Gasteiger partial charge in [-0.15, -0.1) is 0 Å². The van der Waals surface area contributed by atoms with E-state index in [1.807, 2.05) is 0 Å². The summed E-state index contributed by atoms with van der Waals surface area (Å²) in [5.74, 6) is -4.08. The lowest BCUT2D eigenvalue weighted by Crippen LogP contribution is -2.33. The van der Waals surface area contributed by atoms with Crippen molar-refractivity contribution in [2.24, 2.45) is 17.6 Å². The molecule has 1 saturated carbocycles. The monoisotopic (exact) mass is 284 g/mol. The van der Waals surface area contributed by atoms with Crippen molar-refractivity contribution >= 4 is 5.91 Å². The van der Waals surface area contributed by atoms with Crippen LogP contribution in [0, 0.1) is 29.3 Å². The van der Waals surface area contributed by atoms with Crippen LogP contribution in [0.25, 0.3) is 0 Å². The molecule has 3 atom stereocenters. The summed E-state index contributed by atoms with van der Waals surface area (Å²) in [6, 6.07) is 1.57. The molecule has 3 rings (SSSR count). The van der Waals surface area contributed by atoms with E-state index in [1.54, 1.807) is 4.90 Å². The van der Waals surface area contributed by atoms with Crippen LogP contribution in [0.3, 0.4) is 0 Å². The first-order chi connectivity index (χ1) is 9.47. The summed E-state index contributed by atoms with van der Waals surface area (Å²) in [6.45, 7) is 1.06. The Morgan fingerprint density at radius 2 is 1.80 bits per heavy atom. The van der Waals surface area contributed by atoms with Crippen LogP contribution < -0.4 is 5.73 Å². The van der Waals surface area contributed by atoms with E-state index in [1.165, 1.54) is 0 Å². The summed E-state index contributed by atoms with van der Waals surface area (Å²) in [7, 11) is 0. The molecule has 6 heteroatoms. The molecule has 1 aromatic rings. The Kier molecular flexibility index (Phi) is 3.20. The molecule has 0 spiro atoms. The highest BCUT2D eigenvalue weighted by atomic mass is 19.2. The third kappa shape index (κ3) is 2.08. The largest absolute Gasteiger partial charge is 0.338 e. The van der Waals surface area contributed by atoms with Crippen LogP contribution >= 0.6 is 0 Å². The molecule has 1 heterocycles. The number of hydrogen-bond donors (Lipinski definition) is 1. The lowest BCUT2D eigenvalue weighted by molar-refractivity contribution is 0.0778. The molecule has 0 bridgehead atoms. The van der Waals surface area contributed by atoms with Crippen molar-refractivity contribution in [2.75, 3.05) is 13.1 Å². The van der Waals surface area contributed by atoms with Gasteiger partial charge in [0, 0.05) is 24.7 Å². The minimum Gasteiger partial charge on any atom is -0.338 e. The first kappa shape index (κ1) is 13.4. The highest BCUT2D eigenvalue weighted by Gasteiger charge is 2.42. The van der Waals surface area contributed by atoms with Crippen LogP contribution in [0.5, 0.6) is 0 Å². The normalized spacial score (nSPS) is 28.8. The van der Waals surface area contributed by atoms with Crippen LogP contribution in [0.2, 0.25) is 0 Å². The molecule has 1 amide bonds. The molecular weight excluding hydrogens is 269 g/mol. The van der Waals surface area contributed by atoms with Gasteiger partial charge in [-0.05, 0) is 36.8 Å². The molecule has 3 nitrogen and oxygen atoms in total. The third-order valence-corrected chi connectivity index (χ3v) is 4.43. The molecular formula is C14H15F3N2O. The first-order valence-corrected chi connectivity index (χ1v) is 6.66. The molecule has 1 saturated heterocycles. The van der Waals surface area contributed by atoms with Gasteiger partial charge in [-0.1, -0.05) is 0 Å². The molecule has 2 N–H and O–H groups in total. The maximum atomic E-state index is 13.2. The van der Waals surface area contributed by atoms with Crippen LogP contribution in [0.15, 0.2) is 12.1 Å². The molecule has 0 radical (unpaired) electrons. The van der Waals surface area contributed by atoms with E-state index < -0.39 is 23.4 Å². The number of nitrogens with zero attached hydrogens (tertiary/aromatic N) is 1. The third-order valence-electron chi connectivity index (χ3n) is 4.43. The van der Waals surface area contributed by atoms with Crippen molar-refractivity contribution in [1.82, 2.24) is 4.90 Å². The van der Waals surface area contributed by atoms with Crippen molar-refractivity contribution in [2.45, 2.75) is 18.9 Å². The van der Waals surface area contributed by atoms with Gasteiger partial charge >= 0.3 is 0 Å². The average molecular weight is 284 g/mol. The summed E-state index contributed by atoms with van der Waals surface area (Å²) in [5.41, 5.74) is 5.82. The minimum absolute atomic E-state index is 0.0829. The van der Waals surface area contributed by atoms with Crippen molar-refractivity contribution in [3.05, 3.63) is 35.1 Å². The molecule has 2 fully saturated rings. The first-order valence-electron chi connectivity index (χ1n) is 6.66. The molecule has 1 aromatic carbocycles. The Hall–Kier alpha value is -1.56. The Morgan fingerprint density at radius 3 is 2.40 bits per heavy atom. The summed E-state index contributed by atoms with van der Waals surface area (Å²) in [6.07, 6.45) is 1.93.